The predicted octanol–water partition coefficient (Wildman–Crippen LogP) is 4.55. The van der Waals surface area contributed by atoms with E-state index in [1.807, 2.05) is 30.3 Å². The van der Waals surface area contributed by atoms with E-state index in [9.17, 15) is 14.0 Å². The zero-order chi connectivity index (χ0) is 30.2. The number of hydrogen-bond donors (Lipinski definition) is 1. The Hall–Kier alpha value is -4.77. The number of halogens is 1. The van der Waals surface area contributed by atoms with E-state index in [0.717, 1.165) is 37.6 Å². The number of carbonyl (C=O) groups excluding carboxylic acids is 2. The standard InChI is InChI=1S/C32H33FN4O6/c1-37-14-11-22(12-15-37)19-41-29-18-26-24(17-28(29)40-2)31(36-20-35-26)43-27-9-8-23(16-25(27)33)42-32(39)30(38)34-13-10-21-6-4-3-5-7-21/h3-9,16-18,20,22H,10-15,19H2,1-2H3,(H,34,38). The summed E-state index contributed by atoms with van der Waals surface area (Å²) in [5.41, 5.74) is 1.55. The highest BCUT2D eigenvalue weighted by atomic mass is 19.1. The van der Waals surface area contributed by atoms with Crippen LogP contribution in [0.2, 0.25) is 0 Å². The molecule has 0 saturated carbocycles. The van der Waals surface area contributed by atoms with Crippen LogP contribution in [0.25, 0.3) is 10.9 Å². The number of nitrogens with zero attached hydrogens (tertiary/aromatic N) is 3. The van der Waals surface area contributed by atoms with Crippen LogP contribution in [0.15, 0.2) is 67.0 Å². The first kappa shape index (κ1) is 29.7. The van der Waals surface area contributed by atoms with Crippen molar-refractivity contribution in [1.29, 1.82) is 0 Å². The van der Waals surface area contributed by atoms with Crippen molar-refractivity contribution in [2.24, 2.45) is 5.92 Å². The van der Waals surface area contributed by atoms with Crippen LogP contribution in [0, 0.1) is 11.7 Å². The van der Waals surface area contributed by atoms with Gasteiger partial charge in [-0.1, -0.05) is 30.3 Å². The van der Waals surface area contributed by atoms with Crippen LogP contribution in [0.3, 0.4) is 0 Å². The average molecular weight is 589 g/mol. The summed E-state index contributed by atoms with van der Waals surface area (Å²) in [5, 5.41) is 2.99. The molecule has 0 aliphatic carbocycles. The molecule has 1 fully saturated rings. The number of nitrogens with one attached hydrogen (secondary N) is 1. The number of benzene rings is 3. The number of rotatable bonds is 10. The maximum atomic E-state index is 15.0. The van der Waals surface area contributed by atoms with Gasteiger partial charge in [0.1, 0.15) is 12.1 Å². The third-order valence-electron chi connectivity index (χ3n) is 7.24. The zero-order valence-corrected chi connectivity index (χ0v) is 24.0. The lowest BCUT2D eigenvalue weighted by atomic mass is 9.98. The van der Waals surface area contributed by atoms with E-state index in [0.29, 0.717) is 41.3 Å². The Kier molecular flexibility index (Phi) is 9.63. The molecule has 1 aliphatic heterocycles. The number of hydrogen-bond acceptors (Lipinski definition) is 9. The lowest BCUT2D eigenvalue weighted by molar-refractivity contribution is -0.148. The van der Waals surface area contributed by atoms with Gasteiger partial charge >= 0.3 is 11.9 Å². The van der Waals surface area contributed by atoms with Crippen LogP contribution in [0.5, 0.6) is 28.9 Å². The van der Waals surface area contributed by atoms with Gasteiger partial charge in [0.25, 0.3) is 0 Å². The van der Waals surface area contributed by atoms with E-state index in [1.54, 1.807) is 12.1 Å². The highest BCUT2D eigenvalue weighted by Gasteiger charge is 2.20. The molecule has 1 aromatic heterocycles. The molecule has 0 spiro atoms. The number of aromatic nitrogens is 2. The molecule has 43 heavy (non-hydrogen) atoms. The normalized spacial score (nSPS) is 13.8. The Morgan fingerprint density at radius 3 is 2.53 bits per heavy atom. The minimum Gasteiger partial charge on any atom is -0.493 e. The van der Waals surface area contributed by atoms with E-state index in [1.165, 1.54) is 25.6 Å². The fourth-order valence-corrected chi connectivity index (χ4v) is 4.75. The molecule has 4 aromatic rings. The van der Waals surface area contributed by atoms with Crippen LogP contribution in [0.1, 0.15) is 18.4 Å². The van der Waals surface area contributed by atoms with Gasteiger partial charge in [-0.3, -0.25) is 4.79 Å². The minimum absolute atomic E-state index is 0.103. The van der Waals surface area contributed by atoms with Crippen molar-refractivity contribution in [2.45, 2.75) is 19.3 Å². The molecule has 0 radical (unpaired) electrons. The second-order valence-corrected chi connectivity index (χ2v) is 10.3. The number of carbonyl (C=O) groups is 2. The summed E-state index contributed by atoms with van der Waals surface area (Å²) in [6.45, 7) is 2.91. The lowest BCUT2D eigenvalue weighted by Crippen LogP contribution is -2.35. The summed E-state index contributed by atoms with van der Waals surface area (Å²) < 4.78 is 37.5. The molecule has 1 aliphatic rings. The molecule has 0 bridgehead atoms. The van der Waals surface area contributed by atoms with E-state index in [4.69, 9.17) is 18.9 Å². The zero-order valence-electron chi connectivity index (χ0n) is 24.0. The van der Waals surface area contributed by atoms with Gasteiger partial charge in [0.2, 0.25) is 5.88 Å². The monoisotopic (exact) mass is 588 g/mol. The van der Waals surface area contributed by atoms with Crippen molar-refractivity contribution in [3.8, 4) is 28.9 Å². The summed E-state index contributed by atoms with van der Waals surface area (Å²) >= 11 is 0. The van der Waals surface area contributed by atoms with Crippen LogP contribution in [0.4, 0.5) is 4.39 Å². The Labute approximate surface area is 248 Å². The number of likely N-dealkylation sites (tertiary alicyclic amines) is 1. The number of amides is 1. The molecule has 1 N–H and O–H groups in total. The van der Waals surface area contributed by atoms with Gasteiger partial charge in [0, 0.05) is 18.7 Å². The Morgan fingerprint density at radius 1 is 1.00 bits per heavy atom. The molecule has 1 amide bonds. The van der Waals surface area contributed by atoms with Crippen molar-refractivity contribution in [2.75, 3.05) is 40.4 Å². The molecule has 224 valence electrons. The summed E-state index contributed by atoms with van der Waals surface area (Å²) in [6, 6.07) is 16.5. The fourth-order valence-electron chi connectivity index (χ4n) is 4.75. The highest BCUT2D eigenvalue weighted by Crippen LogP contribution is 2.37. The fraction of sp³-hybridized carbons (Fsp3) is 0.312. The second-order valence-electron chi connectivity index (χ2n) is 10.3. The molecular weight excluding hydrogens is 555 g/mol. The van der Waals surface area contributed by atoms with E-state index < -0.39 is 17.7 Å². The van der Waals surface area contributed by atoms with Gasteiger partial charge in [-0.15, -0.1) is 0 Å². The van der Waals surface area contributed by atoms with E-state index in [2.05, 4.69) is 27.2 Å². The van der Waals surface area contributed by atoms with Crippen LogP contribution in [-0.4, -0.2) is 67.1 Å². The summed E-state index contributed by atoms with van der Waals surface area (Å²) in [7, 11) is 3.66. The molecule has 10 nitrogen and oxygen atoms in total. The van der Waals surface area contributed by atoms with Crippen molar-refractivity contribution >= 4 is 22.8 Å². The van der Waals surface area contributed by atoms with Crippen LogP contribution >= 0.6 is 0 Å². The van der Waals surface area contributed by atoms with E-state index >= 15 is 0 Å². The first-order valence-corrected chi connectivity index (χ1v) is 14.0. The molecule has 5 rings (SSSR count). The van der Waals surface area contributed by atoms with Gasteiger partial charge in [-0.2, -0.15) is 0 Å². The largest absolute Gasteiger partial charge is 0.493 e. The maximum absolute atomic E-state index is 15.0. The first-order valence-electron chi connectivity index (χ1n) is 14.0. The molecule has 11 heteroatoms. The smallest absolute Gasteiger partial charge is 0.402 e. The minimum atomic E-state index is -1.15. The average Bonchev–Trinajstić information content (AvgIpc) is 3.02. The molecular formula is C32H33FN4O6. The number of piperidine rings is 1. The SMILES string of the molecule is COc1cc2c(Oc3ccc(OC(=O)C(=O)NCCc4ccccc4)cc3F)ncnc2cc1OCC1CCN(C)CC1. The van der Waals surface area contributed by atoms with Gasteiger partial charge in [-0.05, 0) is 69.1 Å². The van der Waals surface area contributed by atoms with Crippen molar-refractivity contribution in [1.82, 2.24) is 20.2 Å². The molecule has 2 heterocycles. The summed E-state index contributed by atoms with van der Waals surface area (Å²) in [5.74, 6) is -1.60. The quantitative estimate of drug-likeness (QED) is 0.162. The number of methoxy groups -OCH3 is 1. The van der Waals surface area contributed by atoms with Gasteiger partial charge < -0.3 is 29.2 Å². The topological polar surface area (TPSA) is 112 Å². The maximum Gasteiger partial charge on any atom is 0.402 e. The second kappa shape index (κ2) is 13.9. The third-order valence-corrected chi connectivity index (χ3v) is 7.24. The predicted molar refractivity (Wildman–Crippen MR) is 157 cm³/mol. The van der Waals surface area contributed by atoms with Crippen LogP contribution in [-0.2, 0) is 16.0 Å². The van der Waals surface area contributed by atoms with Gasteiger partial charge in [0.15, 0.2) is 23.1 Å². The molecule has 0 atom stereocenters. The molecule has 0 unspecified atom stereocenters. The number of ether oxygens (including phenoxy) is 4. The Bertz CT molecular complexity index is 1580. The lowest BCUT2D eigenvalue weighted by Gasteiger charge is -2.28. The van der Waals surface area contributed by atoms with E-state index in [-0.39, 0.29) is 23.9 Å². The highest BCUT2D eigenvalue weighted by molar-refractivity contribution is 6.33. The van der Waals surface area contributed by atoms with Gasteiger partial charge in [0.05, 0.1) is 24.6 Å². The van der Waals surface area contributed by atoms with Crippen molar-refractivity contribution < 1.29 is 32.9 Å². The van der Waals surface area contributed by atoms with Crippen molar-refractivity contribution in [3.05, 3.63) is 78.4 Å². The van der Waals surface area contributed by atoms with Crippen molar-refractivity contribution in [3.63, 3.8) is 0 Å². The first-order chi connectivity index (χ1) is 20.9. The van der Waals surface area contributed by atoms with Gasteiger partial charge in [-0.25, -0.2) is 19.2 Å². The summed E-state index contributed by atoms with van der Waals surface area (Å²) in [6.07, 6.45) is 4.00. The Balaban J connectivity index is 1.22. The molecule has 3 aromatic carbocycles. The molecule has 1 saturated heterocycles. The van der Waals surface area contributed by atoms with Crippen LogP contribution < -0.4 is 24.3 Å². The third kappa shape index (κ3) is 7.75. The number of fused-ring (bicyclic) bond motifs is 1. The number of esters is 1. The summed E-state index contributed by atoms with van der Waals surface area (Å²) in [4.78, 5) is 35.1. The Morgan fingerprint density at radius 2 is 1.79 bits per heavy atom.